The Balaban J connectivity index is 1.62. The molecule has 0 aromatic carbocycles. The van der Waals surface area contributed by atoms with Gasteiger partial charge in [-0.25, -0.2) is 15.0 Å². The highest BCUT2D eigenvalue weighted by Gasteiger charge is 2.15. The standard InChI is InChI=1S/C16H16N4O3S3/c1-8-9(2)26-15-13(8)14(17-7-18-15)24-6-11(21)20-16-19-10(5-25-16)4-12(22)23-3/h5,7H,4,6H2,1-3H3,(H,19,20,21). The lowest BCUT2D eigenvalue weighted by Crippen LogP contribution is -2.14. The molecule has 0 spiro atoms. The molecule has 1 N–H and O–H groups in total. The summed E-state index contributed by atoms with van der Waals surface area (Å²) in [6, 6.07) is 0. The number of nitrogens with one attached hydrogen (secondary N) is 1. The van der Waals surface area contributed by atoms with Crippen LogP contribution >= 0.6 is 34.4 Å². The van der Waals surface area contributed by atoms with E-state index in [-0.39, 0.29) is 24.1 Å². The van der Waals surface area contributed by atoms with Crippen molar-refractivity contribution in [3.63, 3.8) is 0 Å². The van der Waals surface area contributed by atoms with E-state index < -0.39 is 0 Å². The molecule has 0 aliphatic heterocycles. The van der Waals surface area contributed by atoms with E-state index in [1.54, 1.807) is 16.7 Å². The number of esters is 1. The number of hydrogen-bond donors (Lipinski definition) is 1. The third kappa shape index (κ3) is 4.19. The molecule has 7 nitrogen and oxygen atoms in total. The first kappa shape index (κ1) is 18.7. The van der Waals surface area contributed by atoms with Crippen LogP contribution in [0.5, 0.6) is 0 Å². The first-order valence-corrected chi connectivity index (χ1v) is 10.3. The fourth-order valence-electron chi connectivity index (χ4n) is 2.21. The minimum Gasteiger partial charge on any atom is -0.469 e. The molecule has 0 radical (unpaired) electrons. The van der Waals surface area contributed by atoms with E-state index in [2.05, 4.69) is 31.9 Å². The maximum Gasteiger partial charge on any atom is 0.311 e. The number of amides is 1. The van der Waals surface area contributed by atoms with Crippen LogP contribution in [0.3, 0.4) is 0 Å². The molecule has 3 heterocycles. The Morgan fingerprint density at radius 3 is 2.88 bits per heavy atom. The molecule has 0 saturated heterocycles. The van der Waals surface area contributed by atoms with Gasteiger partial charge in [-0.3, -0.25) is 9.59 Å². The third-order valence-corrected chi connectivity index (χ3v) is 6.53. The average Bonchev–Trinajstić information content (AvgIpc) is 3.17. The van der Waals surface area contributed by atoms with Crippen LogP contribution in [0, 0.1) is 13.8 Å². The van der Waals surface area contributed by atoms with Gasteiger partial charge in [0, 0.05) is 15.6 Å². The van der Waals surface area contributed by atoms with Crippen molar-refractivity contribution < 1.29 is 14.3 Å². The second-order valence-corrected chi connectivity index (χ2v) is 8.40. The van der Waals surface area contributed by atoms with Gasteiger partial charge in [0.2, 0.25) is 5.91 Å². The molecule has 3 aromatic heterocycles. The average molecular weight is 409 g/mol. The summed E-state index contributed by atoms with van der Waals surface area (Å²) in [6.45, 7) is 4.09. The van der Waals surface area contributed by atoms with Gasteiger partial charge >= 0.3 is 5.97 Å². The Morgan fingerprint density at radius 2 is 2.12 bits per heavy atom. The molecule has 3 rings (SSSR count). The van der Waals surface area contributed by atoms with Gasteiger partial charge in [0.1, 0.15) is 16.2 Å². The van der Waals surface area contributed by atoms with Crippen LogP contribution in [-0.2, 0) is 20.7 Å². The van der Waals surface area contributed by atoms with E-state index in [9.17, 15) is 9.59 Å². The molecule has 136 valence electrons. The zero-order valence-corrected chi connectivity index (χ0v) is 16.8. The second kappa shape index (κ2) is 8.11. The van der Waals surface area contributed by atoms with Crippen LogP contribution < -0.4 is 5.32 Å². The van der Waals surface area contributed by atoms with Crippen molar-refractivity contribution in [1.29, 1.82) is 0 Å². The topological polar surface area (TPSA) is 94.1 Å². The van der Waals surface area contributed by atoms with Crippen molar-refractivity contribution in [3.05, 3.63) is 27.8 Å². The van der Waals surface area contributed by atoms with Gasteiger partial charge in [0.25, 0.3) is 0 Å². The number of carbonyl (C=O) groups is 2. The molecule has 0 unspecified atom stereocenters. The number of fused-ring (bicyclic) bond motifs is 1. The largest absolute Gasteiger partial charge is 0.469 e. The number of carbonyl (C=O) groups excluding carboxylic acids is 2. The monoisotopic (exact) mass is 408 g/mol. The second-order valence-electron chi connectivity index (χ2n) is 5.38. The summed E-state index contributed by atoms with van der Waals surface area (Å²) >= 11 is 4.28. The van der Waals surface area contributed by atoms with E-state index >= 15 is 0 Å². The Bertz CT molecular complexity index is 967. The summed E-state index contributed by atoms with van der Waals surface area (Å²) in [6.07, 6.45) is 1.62. The number of aromatic nitrogens is 3. The first-order valence-electron chi connectivity index (χ1n) is 7.62. The van der Waals surface area contributed by atoms with E-state index in [0.717, 1.165) is 20.8 Å². The zero-order valence-electron chi connectivity index (χ0n) is 14.4. The molecule has 0 aliphatic carbocycles. The summed E-state index contributed by atoms with van der Waals surface area (Å²) in [7, 11) is 1.33. The predicted octanol–water partition coefficient (Wildman–Crippen LogP) is 3.21. The van der Waals surface area contributed by atoms with Crippen molar-refractivity contribution in [2.24, 2.45) is 0 Å². The third-order valence-electron chi connectivity index (χ3n) is 3.62. The smallest absolute Gasteiger partial charge is 0.311 e. The quantitative estimate of drug-likeness (QED) is 0.380. The molecular formula is C16H16N4O3S3. The molecule has 3 aromatic rings. The van der Waals surface area contributed by atoms with Gasteiger partial charge in [-0.15, -0.1) is 22.7 Å². The lowest BCUT2D eigenvalue weighted by atomic mass is 10.2. The van der Waals surface area contributed by atoms with Crippen LogP contribution in [-0.4, -0.2) is 39.7 Å². The van der Waals surface area contributed by atoms with Crippen molar-refractivity contribution in [2.45, 2.75) is 25.3 Å². The number of thiazole rings is 1. The number of thiophene rings is 1. The highest BCUT2D eigenvalue weighted by Crippen LogP contribution is 2.34. The minimum absolute atomic E-state index is 0.0906. The Kier molecular flexibility index (Phi) is 5.84. The number of hydrogen-bond acceptors (Lipinski definition) is 9. The van der Waals surface area contributed by atoms with Crippen LogP contribution in [0.25, 0.3) is 10.2 Å². The number of aryl methyl sites for hydroxylation is 2. The molecular weight excluding hydrogens is 392 g/mol. The SMILES string of the molecule is COC(=O)Cc1csc(NC(=O)CSc2ncnc3sc(C)c(C)c23)n1. The van der Waals surface area contributed by atoms with Crippen molar-refractivity contribution in [3.8, 4) is 0 Å². The summed E-state index contributed by atoms with van der Waals surface area (Å²) in [5, 5.41) is 6.76. The summed E-state index contributed by atoms with van der Waals surface area (Å²) in [5.74, 6) is -0.324. The molecule has 26 heavy (non-hydrogen) atoms. The molecule has 0 atom stereocenters. The number of rotatable bonds is 6. The summed E-state index contributed by atoms with van der Waals surface area (Å²) in [4.78, 5) is 38.4. The van der Waals surface area contributed by atoms with Gasteiger partial charge in [-0.2, -0.15) is 0 Å². The molecule has 0 bridgehead atoms. The van der Waals surface area contributed by atoms with E-state index in [1.807, 2.05) is 6.92 Å². The maximum absolute atomic E-state index is 12.2. The zero-order chi connectivity index (χ0) is 18.7. The number of nitrogens with zero attached hydrogens (tertiary/aromatic N) is 3. The van der Waals surface area contributed by atoms with E-state index in [0.29, 0.717) is 10.8 Å². The van der Waals surface area contributed by atoms with Crippen LogP contribution in [0.2, 0.25) is 0 Å². The number of methoxy groups -OCH3 is 1. The number of ether oxygens (including phenoxy) is 1. The lowest BCUT2D eigenvalue weighted by molar-refractivity contribution is -0.139. The van der Waals surface area contributed by atoms with E-state index in [4.69, 9.17) is 0 Å². The fourth-order valence-corrected chi connectivity index (χ4v) is 4.86. The Morgan fingerprint density at radius 1 is 1.31 bits per heavy atom. The molecule has 1 amide bonds. The van der Waals surface area contributed by atoms with Crippen LogP contribution in [0.4, 0.5) is 5.13 Å². The van der Waals surface area contributed by atoms with Crippen LogP contribution in [0.1, 0.15) is 16.1 Å². The van der Waals surface area contributed by atoms with Gasteiger partial charge in [0.15, 0.2) is 5.13 Å². The van der Waals surface area contributed by atoms with Gasteiger partial charge in [-0.05, 0) is 19.4 Å². The van der Waals surface area contributed by atoms with Gasteiger partial charge in [-0.1, -0.05) is 11.8 Å². The van der Waals surface area contributed by atoms with Crippen molar-refractivity contribution in [1.82, 2.24) is 15.0 Å². The predicted molar refractivity (Wildman–Crippen MR) is 104 cm³/mol. The highest BCUT2D eigenvalue weighted by atomic mass is 32.2. The molecule has 0 fully saturated rings. The highest BCUT2D eigenvalue weighted by molar-refractivity contribution is 8.00. The van der Waals surface area contributed by atoms with Gasteiger partial charge in [0.05, 0.1) is 25.0 Å². The molecule has 0 saturated carbocycles. The lowest BCUT2D eigenvalue weighted by Gasteiger charge is -2.03. The van der Waals surface area contributed by atoms with Crippen molar-refractivity contribution >= 4 is 61.7 Å². The molecule has 10 heteroatoms. The minimum atomic E-state index is -0.363. The molecule has 0 aliphatic rings. The Labute approximate surface area is 162 Å². The Hall–Kier alpha value is -2.04. The first-order chi connectivity index (χ1) is 12.5. The van der Waals surface area contributed by atoms with Crippen LogP contribution in [0.15, 0.2) is 16.7 Å². The van der Waals surface area contributed by atoms with E-state index in [1.165, 1.54) is 41.4 Å². The normalized spacial score (nSPS) is 10.9. The van der Waals surface area contributed by atoms with Gasteiger partial charge < -0.3 is 10.1 Å². The number of anilines is 1. The van der Waals surface area contributed by atoms with Crippen molar-refractivity contribution in [2.75, 3.05) is 18.2 Å². The summed E-state index contributed by atoms with van der Waals surface area (Å²) in [5.41, 5.74) is 1.73. The number of thioether (sulfide) groups is 1. The fraction of sp³-hybridized carbons (Fsp3) is 0.312. The maximum atomic E-state index is 12.2. The summed E-state index contributed by atoms with van der Waals surface area (Å²) < 4.78 is 4.60.